The smallest absolute Gasteiger partial charge is 0.270 e. The van der Waals surface area contributed by atoms with E-state index in [1.165, 1.54) is 13.2 Å². The van der Waals surface area contributed by atoms with Crippen LogP contribution in [0, 0.1) is 18.7 Å². The summed E-state index contributed by atoms with van der Waals surface area (Å²) in [7, 11) is 1.39. The van der Waals surface area contributed by atoms with Crippen molar-refractivity contribution in [2.75, 3.05) is 7.11 Å². The molecule has 1 aliphatic carbocycles. The Bertz CT molecular complexity index is 1130. The van der Waals surface area contributed by atoms with Crippen LogP contribution in [-0.2, 0) is 13.1 Å². The minimum atomic E-state index is -0.459. The number of pyridine rings is 1. The number of aliphatic hydroxyl groups excluding tert-OH is 1. The van der Waals surface area contributed by atoms with Crippen molar-refractivity contribution in [1.82, 2.24) is 30.5 Å². The van der Waals surface area contributed by atoms with Crippen LogP contribution in [0.5, 0.6) is 5.75 Å². The van der Waals surface area contributed by atoms with E-state index in [9.17, 15) is 14.3 Å². The zero-order chi connectivity index (χ0) is 23.4. The zero-order valence-corrected chi connectivity index (χ0v) is 18.7. The van der Waals surface area contributed by atoms with Crippen molar-refractivity contribution in [1.29, 1.82) is 0 Å². The molecular weight excluding hydrogens is 427 g/mol. The molecule has 0 bridgehead atoms. The van der Waals surface area contributed by atoms with Gasteiger partial charge in [-0.1, -0.05) is 6.07 Å². The second kappa shape index (κ2) is 10.0. The predicted octanol–water partition coefficient (Wildman–Crippen LogP) is 2.67. The Morgan fingerprint density at radius 3 is 2.79 bits per heavy atom. The van der Waals surface area contributed by atoms with E-state index in [0.717, 1.165) is 25.7 Å². The third-order valence-electron chi connectivity index (χ3n) is 5.80. The molecule has 1 aromatic carbocycles. The monoisotopic (exact) mass is 454 g/mol. The molecule has 33 heavy (non-hydrogen) atoms. The number of benzene rings is 1. The number of carbonyl (C=O) groups excluding carboxylic acids is 1. The van der Waals surface area contributed by atoms with Crippen molar-refractivity contribution in [3.05, 3.63) is 53.1 Å². The number of nitrogens with zero attached hydrogens (tertiary/aromatic N) is 5. The van der Waals surface area contributed by atoms with Gasteiger partial charge in [0, 0.05) is 17.8 Å². The summed E-state index contributed by atoms with van der Waals surface area (Å²) < 4.78 is 18.6. The zero-order valence-electron chi connectivity index (χ0n) is 18.7. The third-order valence-corrected chi connectivity index (χ3v) is 5.80. The summed E-state index contributed by atoms with van der Waals surface area (Å²) >= 11 is 0. The van der Waals surface area contributed by atoms with Crippen molar-refractivity contribution in [3.63, 3.8) is 0 Å². The van der Waals surface area contributed by atoms with Gasteiger partial charge in [-0.25, -0.2) is 9.37 Å². The summed E-state index contributed by atoms with van der Waals surface area (Å²) in [4.78, 5) is 18.6. The molecule has 2 aromatic heterocycles. The Kier molecular flexibility index (Phi) is 6.93. The lowest BCUT2D eigenvalue weighted by Gasteiger charge is -2.24. The van der Waals surface area contributed by atoms with Crippen LogP contribution in [0.3, 0.4) is 0 Å². The van der Waals surface area contributed by atoms with E-state index in [1.54, 1.807) is 36.0 Å². The highest BCUT2D eigenvalue weighted by molar-refractivity contribution is 5.93. The first-order valence-electron chi connectivity index (χ1n) is 11.0. The number of amides is 1. The largest absolute Gasteiger partial charge is 0.494 e. The van der Waals surface area contributed by atoms with Gasteiger partial charge in [-0.05, 0) is 73.6 Å². The van der Waals surface area contributed by atoms with Crippen LogP contribution in [0.25, 0.3) is 11.4 Å². The summed E-state index contributed by atoms with van der Waals surface area (Å²) in [5.74, 6) is 0.140. The van der Waals surface area contributed by atoms with Gasteiger partial charge in [0.15, 0.2) is 11.6 Å². The van der Waals surface area contributed by atoms with E-state index in [4.69, 9.17) is 4.74 Å². The molecule has 1 amide bonds. The minimum absolute atomic E-state index is 0.122. The van der Waals surface area contributed by atoms with Crippen LogP contribution >= 0.6 is 0 Å². The summed E-state index contributed by atoms with van der Waals surface area (Å²) in [6.45, 7) is 2.64. The second-order valence-electron chi connectivity index (χ2n) is 8.38. The van der Waals surface area contributed by atoms with Crippen molar-refractivity contribution in [2.24, 2.45) is 5.92 Å². The lowest BCUT2D eigenvalue weighted by atomic mass is 9.88. The number of carbonyl (C=O) groups is 1. The van der Waals surface area contributed by atoms with E-state index in [-0.39, 0.29) is 30.0 Å². The normalized spacial score (nSPS) is 18.2. The molecule has 0 unspecified atom stereocenters. The number of nitrogens with one attached hydrogen (secondary N) is 1. The summed E-state index contributed by atoms with van der Waals surface area (Å²) in [5.41, 5.74) is 2.24. The van der Waals surface area contributed by atoms with Crippen LogP contribution in [0.4, 0.5) is 4.39 Å². The molecule has 9 nitrogen and oxygen atoms in total. The molecule has 2 N–H and O–H groups in total. The molecule has 0 radical (unpaired) electrons. The highest BCUT2D eigenvalue weighted by atomic mass is 19.1. The number of ether oxygens (including phenoxy) is 1. The topological polar surface area (TPSA) is 115 Å². The predicted molar refractivity (Wildman–Crippen MR) is 118 cm³/mol. The molecule has 0 saturated heterocycles. The van der Waals surface area contributed by atoms with E-state index in [0.29, 0.717) is 35.1 Å². The van der Waals surface area contributed by atoms with Crippen LogP contribution < -0.4 is 10.1 Å². The Hall–Kier alpha value is -3.40. The van der Waals surface area contributed by atoms with Crippen molar-refractivity contribution in [2.45, 2.75) is 51.8 Å². The standard InChI is InChI=1S/C23H27FN6O3/c1-14-9-17(22-27-29-30(28-22)13-15-3-6-18(31)7-4-15)11-20(26-14)23(32)25-12-16-5-8-19(24)21(10-16)33-2/h5,8-11,15,18,31H,3-4,6-7,12-13H2,1-2H3,(H,25,32)/t15-,18-. The van der Waals surface area contributed by atoms with Gasteiger partial charge < -0.3 is 15.2 Å². The van der Waals surface area contributed by atoms with Gasteiger partial charge in [-0.2, -0.15) is 4.80 Å². The lowest BCUT2D eigenvalue weighted by molar-refractivity contribution is 0.0945. The number of tetrazole rings is 1. The lowest BCUT2D eigenvalue weighted by Crippen LogP contribution is -2.24. The number of rotatable bonds is 7. The quantitative estimate of drug-likeness (QED) is 0.564. The summed E-state index contributed by atoms with van der Waals surface area (Å²) in [5, 5.41) is 25.3. The average molecular weight is 455 g/mol. The maximum absolute atomic E-state index is 13.6. The molecule has 10 heteroatoms. The number of hydrogen-bond acceptors (Lipinski definition) is 7. The Labute approximate surface area is 191 Å². The molecule has 0 atom stereocenters. The molecule has 4 rings (SSSR count). The van der Waals surface area contributed by atoms with E-state index in [1.807, 2.05) is 0 Å². The van der Waals surface area contributed by atoms with E-state index >= 15 is 0 Å². The fraction of sp³-hybridized carbons (Fsp3) is 0.435. The SMILES string of the molecule is COc1cc(CNC(=O)c2cc(-c3nnn(C[C@H]4CC[C@H](O)CC4)n3)cc(C)n2)ccc1F. The Balaban J connectivity index is 1.43. The van der Waals surface area contributed by atoms with Gasteiger partial charge in [0.2, 0.25) is 5.82 Å². The first-order chi connectivity index (χ1) is 15.9. The van der Waals surface area contributed by atoms with Gasteiger partial charge in [-0.3, -0.25) is 4.79 Å². The fourth-order valence-electron chi connectivity index (χ4n) is 4.00. The Morgan fingerprint density at radius 2 is 2.03 bits per heavy atom. The molecule has 2 heterocycles. The molecule has 0 spiro atoms. The fourth-order valence-corrected chi connectivity index (χ4v) is 4.00. The van der Waals surface area contributed by atoms with E-state index < -0.39 is 5.82 Å². The molecule has 174 valence electrons. The Morgan fingerprint density at radius 1 is 1.24 bits per heavy atom. The van der Waals surface area contributed by atoms with Crippen LogP contribution in [0.2, 0.25) is 0 Å². The van der Waals surface area contributed by atoms with Gasteiger partial charge in [0.1, 0.15) is 5.69 Å². The average Bonchev–Trinajstić information content (AvgIpc) is 3.28. The molecule has 1 fully saturated rings. The number of hydrogen-bond donors (Lipinski definition) is 2. The van der Waals surface area contributed by atoms with Gasteiger partial charge in [-0.15, -0.1) is 10.2 Å². The van der Waals surface area contributed by atoms with E-state index in [2.05, 4.69) is 25.7 Å². The number of methoxy groups -OCH3 is 1. The molecule has 0 aliphatic heterocycles. The highest BCUT2D eigenvalue weighted by Crippen LogP contribution is 2.25. The van der Waals surface area contributed by atoms with Crippen LogP contribution in [-0.4, -0.2) is 49.4 Å². The minimum Gasteiger partial charge on any atom is -0.494 e. The first kappa shape index (κ1) is 22.8. The van der Waals surface area contributed by atoms with Crippen molar-refractivity contribution in [3.8, 4) is 17.1 Å². The second-order valence-corrected chi connectivity index (χ2v) is 8.38. The van der Waals surface area contributed by atoms with Crippen molar-refractivity contribution < 1.29 is 19.0 Å². The van der Waals surface area contributed by atoms with Gasteiger partial charge >= 0.3 is 0 Å². The molecule has 3 aromatic rings. The number of aryl methyl sites for hydroxylation is 1. The van der Waals surface area contributed by atoms with Gasteiger partial charge in [0.05, 0.1) is 19.8 Å². The van der Waals surface area contributed by atoms with Crippen LogP contribution in [0.1, 0.15) is 47.4 Å². The maximum Gasteiger partial charge on any atom is 0.270 e. The van der Waals surface area contributed by atoms with Gasteiger partial charge in [0.25, 0.3) is 5.91 Å². The maximum atomic E-state index is 13.6. The summed E-state index contributed by atoms with van der Waals surface area (Å²) in [6.07, 6.45) is 3.29. The number of aliphatic hydroxyl groups is 1. The summed E-state index contributed by atoms with van der Waals surface area (Å²) in [6, 6.07) is 7.86. The molecular formula is C23H27FN6O3. The van der Waals surface area contributed by atoms with Crippen LogP contribution in [0.15, 0.2) is 30.3 Å². The molecule has 1 aliphatic rings. The number of halogens is 1. The number of aromatic nitrogens is 5. The molecule has 1 saturated carbocycles. The first-order valence-corrected chi connectivity index (χ1v) is 11.0. The van der Waals surface area contributed by atoms with Crippen molar-refractivity contribution >= 4 is 5.91 Å². The highest BCUT2D eigenvalue weighted by Gasteiger charge is 2.21. The third kappa shape index (κ3) is 5.70.